The fraction of sp³-hybridized carbons (Fsp3) is 0.364. The van der Waals surface area contributed by atoms with Gasteiger partial charge in [0.25, 0.3) is 5.91 Å². The highest BCUT2D eigenvalue weighted by Gasteiger charge is 2.20. The van der Waals surface area contributed by atoms with Crippen LogP contribution in [0.1, 0.15) is 35.3 Å². The third kappa shape index (κ3) is 4.40. The minimum atomic E-state index is -3.47. The number of thiazole rings is 1. The number of amides is 1. The number of hydrogen-bond donors (Lipinski definition) is 0. The molecule has 1 amide bonds. The Kier molecular flexibility index (Phi) is 6.59. The zero-order valence-electron chi connectivity index (χ0n) is 17.8. The molecule has 3 rings (SSSR count). The number of methoxy groups -OCH3 is 1. The zero-order valence-corrected chi connectivity index (χ0v) is 19.4. The van der Waals surface area contributed by atoms with Gasteiger partial charge in [-0.25, -0.2) is 8.42 Å². The zero-order chi connectivity index (χ0) is 22.1. The Morgan fingerprint density at radius 3 is 2.60 bits per heavy atom. The van der Waals surface area contributed by atoms with Gasteiger partial charge in [0.15, 0.2) is 14.6 Å². The predicted molar refractivity (Wildman–Crippen MR) is 120 cm³/mol. The molecule has 0 saturated heterocycles. The summed E-state index contributed by atoms with van der Waals surface area (Å²) in [6, 6.07) is 10.3. The summed E-state index contributed by atoms with van der Waals surface area (Å²) >= 11 is 1.45. The van der Waals surface area contributed by atoms with E-state index in [-0.39, 0.29) is 10.5 Å². The predicted octanol–water partition coefficient (Wildman–Crippen LogP) is 3.89. The van der Waals surface area contributed by atoms with Crippen molar-refractivity contribution in [3.63, 3.8) is 0 Å². The number of ether oxygens (including phenoxy) is 1. The van der Waals surface area contributed by atoms with Gasteiger partial charge in [0.1, 0.15) is 0 Å². The lowest BCUT2D eigenvalue weighted by atomic mass is 10.1. The van der Waals surface area contributed by atoms with Crippen molar-refractivity contribution in [1.29, 1.82) is 0 Å². The molecule has 30 heavy (non-hydrogen) atoms. The van der Waals surface area contributed by atoms with E-state index in [2.05, 4.69) is 17.1 Å². The van der Waals surface area contributed by atoms with Crippen molar-refractivity contribution in [2.45, 2.75) is 44.4 Å². The number of aromatic nitrogens is 1. The first kappa shape index (κ1) is 22.4. The number of aryl methyl sites for hydroxylation is 2. The van der Waals surface area contributed by atoms with Crippen LogP contribution in [-0.2, 0) is 21.1 Å². The molecule has 1 aromatic heterocycles. The molecule has 0 aliphatic rings. The van der Waals surface area contributed by atoms with Crippen LogP contribution in [0.3, 0.4) is 0 Å². The number of benzene rings is 2. The second-order valence-electron chi connectivity index (χ2n) is 7.50. The molecule has 0 N–H and O–H groups in total. The van der Waals surface area contributed by atoms with Crippen molar-refractivity contribution in [2.75, 3.05) is 13.7 Å². The second kappa shape index (κ2) is 8.83. The van der Waals surface area contributed by atoms with Crippen molar-refractivity contribution in [2.24, 2.45) is 4.99 Å². The van der Waals surface area contributed by atoms with Crippen LogP contribution in [0.2, 0.25) is 0 Å². The molecule has 3 aromatic rings. The number of fused-ring (bicyclic) bond motifs is 1. The Morgan fingerprint density at radius 1 is 1.20 bits per heavy atom. The average Bonchev–Trinajstić information content (AvgIpc) is 3.03. The number of carbonyl (C=O) groups is 1. The van der Waals surface area contributed by atoms with Gasteiger partial charge in [-0.15, -0.1) is 0 Å². The average molecular weight is 447 g/mol. The summed E-state index contributed by atoms with van der Waals surface area (Å²) in [6.45, 7) is 8.37. The topological polar surface area (TPSA) is 77.7 Å². The first-order valence-electron chi connectivity index (χ1n) is 9.67. The van der Waals surface area contributed by atoms with Gasteiger partial charge in [-0.1, -0.05) is 23.5 Å². The van der Waals surface area contributed by atoms with E-state index in [1.807, 2.05) is 18.4 Å². The number of nitrogens with zero attached hydrogens (tertiary/aromatic N) is 2. The summed E-state index contributed by atoms with van der Waals surface area (Å²) in [4.78, 5) is 18.0. The highest BCUT2D eigenvalue weighted by Crippen LogP contribution is 2.24. The number of rotatable bonds is 6. The molecule has 0 aliphatic heterocycles. The highest BCUT2D eigenvalue weighted by molar-refractivity contribution is 7.92. The fourth-order valence-corrected chi connectivity index (χ4v) is 5.43. The number of sulfone groups is 1. The number of carbonyl (C=O) groups excluding carboxylic acids is 1. The van der Waals surface area contributed by atoms with E-state index in [0.717, 1.165) is 21.3 Å². The summed E-state index contributed by atoms with van der Waals surface area (Å²) in [7, 11) is -1.84. The summed E-state index contributed by atoms with van der Waals surface area (Å²) in [5.41, 5.74) is 3.52. The van der Waals surface area contributed by atoms with Crippen LogP contribution in [0, 0.1) is 13.8 Å². The van der Waals surface area contributed by atoms with Gasteiger partial charge < -0.3 is 9.30 Å². The van der Waals surface area contributed by atoms with E-state index >= 15 is 0 Å². The standard InChI is InChI=1S/C22H26N2O4S2/c1-14(2)30(26,27)18-8-6-7-17(13-18)21(25)23-22-24(9-10-28-5)19-12-15(3)11-16(4)20(19)29-22/h6-8,11-14H,9-10H2,1-5H3. The minimum absolute atomic E-state index is 0.133. The lowest BCUT2D eigenvalue weighted by Crippen LogP contribution is -2.19. The molecule has 0 bridgehead atoms. The Labute approximate surface area is 180 Å². The molecule has 2 aromatic carbocycles. The molecule has 0 atom stereocenters. The van der Waals surface area contributed by atoms with Crippen molar-refractivity contribution >= 4 is 37.3 Å². The van der Waals surface area contributed by atoms with E-state index in [1.54, 1.807) is 33.1 Å². The Morgan fingerprint density at radius 2 is 1.93 bits per heavy atom. The molecule has 0 radical (unpaired) electrons. The molecule has 0 unspecified atom stereocenters. The lowest BCUT2D eigenvalue weighted by molar-refractivity contribution is 0.0997. The van der Waals surface area contributed by atoms with Gasteiger partial charge in [0.2, 0.25) is 0 Å². The van der Waals surface area contributed by atoms with E-state index in [4.69, 9.17) is 4.74 Å². The van der Waals surface area contributed by atoms with Gasteiger partial charge in [-0.05, 0) is 63.1 Å². The van der Waals surface area contributed by atoms with Crippen LogP contribution in [0.25, 0.3) is 10.2 Å². The lowest BCUT2D eigenvalue weighted by Gasteiger charge is -2.08. The van der Waals surface area contributed by atoms with Crippen LogP contribution in [-0.4, -0.2) is 37.9 Å². The SMILES string of the molecule is COCCn1c(=NC(=O)c2cccc(S(=O)(=O)C(C)C)c2)sc2c(C)cc(C)cc21. The monoisotopic (exact) mass is 446 g/mol. The molecule has 0 saturated carbocycles. The van der Waals surface area contributed by atoms with Gasteiger partial charge in [-0.3, -0.25) is 4.79 Å². The van der Waals surface area contributed by atoms with Crippen LogP contribution in [0.4, 0.5) is 0 Å². The Balaban J connectivity index is 2.13. The minimum Gasteiger partial charge on any atom is -0.383 e. The molecule has 1 heterocycles. The summed E-state index contributed by atoms with van der Waals surface area (Å²) in [5, 5.41) is -0.565. The molecule has 0 spiro atoms. The van der Waals surface area contributed by atoms with Crippen molar-refractivity contribution in [3.05, 3.63) is 57.9 Å². The van der Waals surface area contributed by atoms with E-state index in [9.17, 15) is 13.2 Å². The first-order chi connectivity index (χ1) is 14.1. The third-order valence-corrected chi connectivity index (χ3v) is 8.24. The van der Waals surface area contributed by atoms with Gasteiger partial charge in [-0.2, -0.15) is 4.99 Å². The number of hydrogen-bond acceptors (Lipinski definition) is 5. The quantitative estimate of drug-likeness (QED) is 0.576. The third-order valence-electron chi connectivity index (χ3n) is 4.86. The maximum Gasteiger partial charge on any atom is 0.279 e. The van der Waals surface area contributed by atoms with E-state index < -0.39 is 21.0 Å². The second-order valence-corrected chi connectivity index (χ2v) is 11.0. The Bertz CT molecular complexity index is 1270. The van der Waals surface area contributed by atoms with Crippen molar-refractivity contribution in [3.8, 4) is 0 Å². The van der Waals surface area contributed by atoms with E-state index in [0.29, 0.717) is 18.0 Å². The van der Waals surface area contributed by atoms with Gasteiger partial charge in [0, 0.05) is 19.2 Å². The van der Waals surface area contributed by atoms with Crippen molar-refractivity contribution in [1.82, 2.24) is 4.57 Å². The molecule has 8 heteroatoms. The molecular weight excluding hydrogens is 420 g/mol. The smallest absolute Gasteiger partial charge is 0.279 e. The summed E-state index contributed by atoms with van der Waals surface area (Å²) < 4.78 is 33.2. The first-order valence-corrected chi connectivity index (χ1v) is 12.0. The molecule has 0 aliphatic carbocycles. The van der Waals surface area contributed by atoms with Crippen LogP contribution in [0.15, 0.2) is 46.3 Å². The molecular formula is C22H26N2O4S2. The van der Waals surface area contributed by atoms with Crippen LogP contribution >= 0.6 is 11.3 Å². The largest absolute Gasteiger partial charge is 0.383 e. The maximum absolute atomic E-state index is 12.9. The molecule has 0 fully saturated rings. The van der Waals surface area contributed by atoms with Crippen molar-refractivity contribution < 1.29 is 17.9 Å². The van der Waals surface area contributed by atoms with E-state index in [1.165, 1.54) is 23.5 Å². The van der Waals surface area contributed by atoms with Gasteiger partial charge in [0.05, 0.1) is 27.0 Å². The Hall–Kier alpha value is -2.29. The van der Waals surface area contributed by atoms with Crippen LogP contribution in [0.5, 0.6) is 0 Å². The summed E-state index contributed by atoms with van der Waals surface area (Å²) in [5.74, 6) is -0.470. The highest BCUT2D eigenvalue weighted by atomic mass is 32.2. The normalized spacial score (nSPS) is 12.8. The van der Waals surface area contributed by atoms with Gasteiger partial charge >= 0.3 is 0 Å². The molecule has 6 nitrogen and oxygen atoms in total. The summed E-state index contributed by atoms with van der Waals surface area (Å²) in [6.07, 6.45) is 0. The fourth-order valence-electron chi connectivity index (χ4n) is 3.23. The van der Waals surface area contributed by atoms with Crippen LogP contribution < -0.4 is 4.80 Å². The molecule has 160 valence electrons. The maximum atomic E-state index is 12.9.